The number of hydrogen-bond donors (Lipinski definition) is 3. The van der Waals surface area contributed by atoms with Crippen LogP contribution in [0.15, 0.2) is 12.7 Å². The minimum absolute atomic E-state index is 0.211. The Morgan fingerprint density at radius 1 is 1.47 bits per heavy atom. The molecule has 0 spiro atoms. The molecule has 0 heterocycles. The number of carbonyl (C=O) groups is 2. The largest absolute Gasteiger partial charge is 0.355 e. The minimum Gasteiger partial charge on any atom is -0.355 e. The molecule has 86 valence electrons. The molecular weight excluding hydrogens is 194 g/mol. The van der Waals surface area contributed by atoms with E-state index in [4.69, 9.17) is 5.73 Å². The van der Waals surface area contributed by atoms with Crippen LogP contribution < -0.4 is 16.4 Å². The van der Waals surface area contributed by atoms with E-state index < -0.39 is 12.1 Å². The van der Waals surface area contributed by atoms with Crippen LogP contribution in [0.4, 0.5) is 0 Å². The van der Waals surface area contributed by atoms with E-state index in [0.717, 1.165) is 0 Å². The van der Waals surface area contributed by atoms with Crippen molar-refractivity contribution in [1.29, 1.82) is 0 Å². The maximum Gasteiger partial charge on any atom is 0.242 e. The van der Waals surface area contributed by atoms with Gasteiger partial charge in [-0.3, -0.25) is 9.59 Å². The van der Waals surface area contributed by atoms with Gasteiger partial charge in [0, 0.05) is 6.54 Å². The van der Waals surface area contributed by atoms with Gasteiger partial charge in [0.1, 0.15) is 6.04 Å². The van der Waals surface area contributed by atoms with Crippen molar-refractivity contribution in [3.05, 3.63) is 12.7 Å². The first-order chi connectivity index (χ1) is 7.02. The third-order valence-electron chi connectivity index (χ3n) is 1.86. The van der Waals surface area contributed by atoms with Crippen LogP contribution in [0.2, 0.25) is 0 Å². The van der Waals surface area contributed by atoms with Gasteiger partial charge in [0.05, 0.1) is 6.04 Å². The highest BCUT2D eigenvalue weighted by Crippen LogP contribution is 1.91. The maximum absolute atomic E-state index is 11.4. The zero-order chi connectivity index (χ0) is 11.8. The molecule has 15 heavy (non-hydrogen) atoms. The van der Waals surface area contributed by atoms with E-state index in [1.807, 2.05) is 6.92 Å². The average Bonchev–Trinajstić information content (AvgIpc) is 2.18. The fourth-order valence-corrected chi connectivity index (χ4v) is 1.000. The van der Waals surface area contributed by atoms with Crippen molar-refractivity contribution in [2.45, 2.75) is 32.4 Å². The van der Waals surface area contributed by atoms with Crippen molar-refractivity contribution in [3.63, 3.8) is 0 Å². The summed E-state index contributed by atoms with van der Waals surface area (Å²) in [5.74, 6) is -0.551. The predicted octanol–water partition coefficient (Wildman–Crippen LogP) is -0.469. The van der Waals surface area contributed by atoms with Gasteiger partial charge in [0.15, 0.2) is 0 Å². The molecule has 0 saturated carbocycles. The molecule has 0 aromatic heterocycles. The maximum atomic E-state index is 11.4. The first-order valence-corrected chi connectivity index (χ1v) is 4.97. The Morgan fingerprint density at radius 2 is 2.07 bits per heavy atom. The van der Waals surface area contributed by atoms with Crippen LogP contribution >= 0.6 is 0 Å². The van der Waals surface area contributed by atoms with Gasteiger partial charge >= 0.3 is 0 Å². The van der Waals surface area contributed by atoms with Crippen molar-refractivity contribution in [2.75, 3.05) is 6.54 Å². The molecule has 0 aliphatic carbocycles. The van der Waals surface area contributed by atoms with E-state index in [1.165, 1.54) is 0 Å². The highest BCUT2D eigenvalue weighted by molar-refractivity contribution is 5.89. The molecule has 2 amide bonds. The highest BCUT2D eigenvalue weighted by atomic mass is 16.2. The van der Waals surface area contributed by atoms with Crippen LogP contribution in [-0.4, -0.2) is 30.4 Å². The number of amides is 2. The minimum atomic E-state index is -0.639. The molecule has 2 atom stereocenters. The summed E-state index contributed by atoms with van der Waals surface area (Å²) in [4.78, 5) is 22.7. The second-order valence-electron chi connectivity index (χ2n) is 3.26. The summed E-state index contributed by atoms with van der Waals surface area (Å²) in [6, 6.07) is -1.20. The van der Waals surface area contributed by atoms with E-state index in [-0.39, 0.29) is 11.8 Å². The quantitative estimate of drug-likeness (QED) is 0.521. The van der Waals surface area contributed by atoms with Gasteiger partial charge in [-0.1, -0.05) is 6.08 Å². The number of likely N-dealkylation sites (N-methyl/N-ethyl adjacent to an activating group) is 1. The Hall–Kier alpha value is -1.36. The van der Waals surface area contributed by atoms with Gasteiger partial charge in [0.2, 0.25) is 11.8 Å². The van der Waals surface area contributed by atoms with Crippen molar-refractivity contribution < 1.29 is 9.59 Å². The van der Waals surface area contributed by atoms with E-state index >= 15 is 0 Å². The van der Waals surface area contributed by atoms with Crippen LogP contribution in [0.25, 0.3) is 0 Å². The van der Waals surface area contributed by atoms with Crippen molar-refractivity contribution in [1.82, 2.24) is 10.6 Å². The summed E-state index contributed by atoms with van der Waals surface area (Å²) in [6.07, 6.45) is 1.97. The average molecular weight is 213 g/mol. The van der Waals surface area contributed by atoms with Crippen LogP contribution in [-0.2, 0) is 9.59 Å². The highest BCUT2D eigenvalue weighted by Gasteiger charge is 2.18. The van der Waals surface area contributed by atoms with E-state index in [9.17, 15) is 9.59 Å². The molecular formula is C10H19N3O2. The van der Waals surface area contributed by atoms with E-state index in [2.05, 4.69) is 17.2 Å². The van der Waals surface area contributed by atoms with Crippen LogP contribution in [0.5, 0.6) is 0 Å². The predicted molar refractivity (Wildman–Crippen MR) is 59.1 cm³/mol. The number of nitrogens with one attached hydrogen (secondary N) is 2. The Kier molecular flexibility index (Phi) is 6.37. The second-order valence-corrected chi connectivity index (χ2v) is 3.26. The van der Waals surface area contributed by atoms with Crippen molar-refractivity contribution >= 4 is 11.8 Å². The first-order valence-electron chi connectivity index (χ1n) is 4.97. The molecule has 0 aromatic rings. The Bertz CT molecular complexity index is 241. The fourth-order valence-electron chi connectivity index (χ4n) is 1.000. The SMILES string of the molecule is C=CCC(N)C(=O)NC(C)C(=O)NCC. The lowest BCUT2D eigenvalue weighted by atomic mass is 10.2. The van der Waals surface area contributed by atoms with Gasteiger partial charge in [-0.15, -0.1) is 6.58 Å². The standard InChI is InChI=1S/C10H19N3O2/c1-4-6-8(11)10(15)13-7(3)9(14)12-5-2/h4,7-8H,1,5-6,11H2,2-3H3,(H,12,14)(H,13,15). The lowest BCUT2D eigenvalue weighted by molar-refractivity contribution is -0.129. The summed E-state index contributed by atoms with van der Waals surface area (Å²) in [6.45, 7) is 7.46. The number of nitrogens with two attached hydrogens (primary N) is 1. The van der Waals surface area contributed by atoms with Crippen LogP contribution in [0, 0.1) is 0 Å². The molecule has 0 aliphatic heterocycles. The summed E-state index contributed by atoms with van der Waals surface area (Å²) in [5, 5.41) is 5.13. The number of rotatable bonds is 6. The molecule has 0 aromatic carbocycles. The third kappa shape index (κ3) is 5.17. The summed E-state index contributed by atoms with van der Waals surface area (Å²) in [7, 11) is 0. The molecule has 0 fully saturated rings. The summed E-state index contributed by atoms with van der Waals surface area (Å²) in [5.41, 5.74) is 5.54. The normalized spacial score (nSPS) is 13.8. The number of carbonyl (C=O) groups excluding carboxylic acids is 2. The lowest BCUT2D eigenvalue weighted by Crippen LogP contribution is -2.50. The zero-order valence-electron chi connectivity index (χ0n) is 9.25. The van der Waals surface area contributed by atoms with Gasteiger partial charge in [-0.2, -0.15) is 0 Å². The molecule has 2 unspecified atom stereocenters. The van der Waals surface area contributed by atoms with E-state index in [1.54, 1.807) is 13.0 Å². The lowest BCUT2D eigenvalue weighted by Gasteiger charge is -2.15. The Morgan fingerprint density at radius 3 is 2.53 bits per heavy atom. The molecule has 5 heteroatoms. The fraction of sp³-hybridized carbons (Fsp3) is 0.600. The number of hydrogen-bond acceptors (Lipinski definition) is 3. The molecule has 4 N–H and O–H groups in total. The van der Waals surface area contributed by atoms with Gasteiger partial charge < -0.3 is 16.4 Å². The zero-order valence-corrected chi connectivity index (χ0v) is 9.25. The molecule has 5 nitrogen and oxygen atoms in total. The Balaban J connectivity index is 4.05. The first kappa shape index (κ1) is 13.6. The molecule has 0 bridgehead atoms. The third-order valence-corrected chi connectivity index (χ3v) is 1.86. The summed E-state index contributed by atoms with van der Waals surface area (Å²) >= 11 is 0. The van der Waals surface area contributed by atoms with Crippen molar-refractivity contribution in [3.8, 4) is 0 Å². The van der Waals surface area contributed by atoms with Crippen LogP contribution in [0.3, 0.4) is 0 Å². The van der Waals surface area contributed by atoms with Crippen molar-refractivity contribution in [2.24, 2.45) is 5.73 Å². The molecule has 0 aliphatic rings. The second kappa shape index (κ2) is 7.00. The summed E-state index contributed by atoms with van der Waals surface area (Å²) < 4.78 is 0. The molecule has 0 saturated heterocycles. The topological polar surface area (TPSA) is 84.2 Å². The van der Waals surface area contributed by atoms with Gasteiger partial charge in [0.25, 0.3) is 0 Å². The smallest absolute Gasteiger partial charge is 0.242 e. The van der Waals surface area contributed by atoms with Crippen LogP contribution in [0.1, 0.15) is 20.3 Å². The molecule has 0 radical (unpaired) electrons. The van der Waals surface area contributed by atoms with E-state index in [0.29, 0.717) is 13.0 Å². The van der Waals surface area contributed by atoms with Gasteiger partial charge in [-0.25, -0.2) is 0 Å². The Labute approximate surface area is 90.1 Å². The molecule has 0 rings (SSSR count). The monoisotopic (exact) mass is 213 g/mol. The van der Waals surface area contributed by atoms with Gasteiger partial charge in [-0.05, 0) is 20.3 Å².